The first-order valence-corrected chi connectivity index (χ1v) is 12.2. The smallest absolute Gasteiger partial charge is 0.327 e. The highest BCUT2D eigenvalue weighted by atomic mass is 32.2. The van der Waals surface area contributed by atoms with E-state index in [-0.39, 0.29) is 34.4 Å². The maximum absolute atomic E-state index is 14.8. The van der Waals surface area contributed by atoms with Gasteiger partial charge in [0, 0.05) is 42.9 Å². The summed E-state index contributed by atoms with van der Waals surface area (Å²) in [6, 6.07) is 7.60. The zero-order valence-corrected chi connectivity index (χ0v) is 20.1. The van der Waals surface area contributed by atoms with E-state index in [9.17, 15) is 18.8 Å². The zero-order chi connectivity index (χ0) is 24.2. The highest BCUT2D eigenvalue weighted by molar-refractivity contribution is 8.14. The molecule has 1 aliphatic carbocycles. The lowest BCUT2D eigenvalue weighted by Crippen LogP contribution is -2.43. The van der Waals surface area contributed by atoms with Gasteiger partial charge in [0.2, 0.25) is 0 Å². The Labute approximate surface area is 202 Å². The number of ketones is 1. The largest absolute Gasteiger partial charge is 0.468 e. The number of benzene rings is 1. The number of rotatable bonds is 8. The fraction of sp³-hybridized carbons (Fsp3) is 0.440. The van der Waals surface area contributed by atoms with Gasteiger partial charge in [-0.3, -0.25) is 24.0 Å². The number of carbonyl (C=O) groups is 3. The van der Waals surface area contributed by atoms with E-state index in [1.54, 1.807) is 37.4 Å². The lowest BCUT2D eigenvalue weighted by molar-refractivity contribution is -0.141. The van der Waals surface area contributed by atoms with E-state index in [1.165, 1.54) is 29.6 Å². The molecule has 0 radical (unpaired) electrons. The second-order valence-corrected chi connectivity index (χ2v) is 10.1. The third kappa shape index (κ3) is 5.82. The molecule has 7 nitrogen and oxygen atoms in total. The van der Waals surface area contributed by atoms with Crippen molar-refractivity contribution in [2.24, 2.45) is 5.92 Å². The van der Waals surface area contributed by atoms with Crippen molar-refractivity contribution in [3.05, 3.63) is 59.2 Å². The van der Waals surface area contributed by atoms with E-state index in [2.05, 4.69) is 9.84 Å². The molecule has 0 bridgehead atoms. The van der Waals surface area contributed by atoms with E-state index in [0.717, 1.165) is 18.4 Å². The monoisotopic (exact) mass is 485 g/mol. The van der Waals surface area contributed by atoms with Crippen LogP contribution in [0.4, 0.5) is 4.39 Å². The average molecular weight is 486 g/mol. The van der Waals surface area contributed by atoms with Gasteiger partial charge < -0.3 is 4.74 Å². The van der Waals surface area contributed by atoms with Crippen LogP contribution in [0, 0.1) is 11.7 Å². The summed E-state index contributed by atoms with van der Waals surface area (Å²) in [5.41, 5.74) is 1.99. The molecule has 1 aromatic heterocycles. The van der Waals surface area contributed by atoms with Crippen LogP contribution in [0.15, 0.2) is 42.1 Å². The molecular formula is C25H28FN3O4S. The lowest BCUT2D eigenvalue weighted by Gasteiger charge is -2.38. The van der Waals surface area contributed by atoms with Crippen molar-refractivity contribution in [1.82, 2.24) is 14.7 Å². The van der Waals surface area contributed by atoms with Crippen LogP contribution in [0.25, 0.3) is 6.08 Å². The maximum Gasteiger partial charge on any atom is 0.327 e. The number of aromatic nitrogens is 2. The fourth-order valence-electron chi connectivity index (χ4n) is 4.32. The molecular weight excluding hydrogens is 457 g/mol. The summed E-state index contributed by atoms with van der Waals surface area (Å²) in [5.74, 6) is -0.740. The highest BCUT2D eigenvalue weighted by Gasteiger charge is 2.41. The molecule has 1 aliphatic heterocycles. The number of thioether (sulfide) groups is 1. The van der Waals surface area contributed by atoms with Gasteiger partial charge in [0.1, 0.15) is 12.4 Å². The van der Waals surface area contributed by atoms with E-state index in [4.69, 9.17) is 0 Å². The van der Waals surface area contributed by atoms with E-state index < -0.39 is 12.0 Å². The number of carbonyl (C=O) groups excluding carboxylic acids is 3. The predicted octanol–water partition coefficient (Wildman–Crippen LogP) is 3.65. The van der Waals surface area contributed by atoms with Crippen molar-refractivity contribution in [2.45, 2.75) is 44.0 Å². The van der Waals surface area contributed by atoms with Crippen LogP contribution in [0.2, 0.25) is 0 Å². The first-order chi connectivity index (χ1) is 16.4. The molecule has 1 saturated carbocycles. The standard InChI is InChI=1S/C25H28FN3O4S/c1-16(30)34-22-10-11-28(14-18(22)13-19-9-12-29(27-19)15-23(31)33-2)24(25(32)17-7-8-17)20-5-3-4-6-21(20)26/h3-6,9,12-13,17,22,24H,7-8,10-11,14-15H2,1-2H3/b18-13-. The SMILES string of the molecule is COC(=O)Cn1ccc(/C=C2/CN(C(C(=O)C3CC3)c3ccccc3F)CCC2SC(C)=O)n1. The first kappa shape index (κ1) is 24.3. The minimum Gasteiger partial charge on any atom is -0.468 e. The summed E-state index contributed by atoms with van der Waals surface area (Å²) in [6.45, 7) is 2.55. The number of nitrogens with zero attached hydrogens (tertiary/aromatic N) is 3. The number of esters is 1. The van der Waals surface area contributed by atoms with Gasteiger partial charge >= 0.3 is 5.97 Å². The normalized spacial score (nSPS) is 20.8. The predicted molar refractivity (Wildman–Crippen MR) is 127 cm³/mol. The molecule has 0 amide bonds. The second kappa shape index (κ2) is 10.7. The first-order valence-electron chi connectivity index (χ1n) is 11.4. The summed E-state index contributed by atoms with van der Waals surface area (Å²) in [6.07, 6.45) is 5.94. The molecule has 180 valence electrons. The summed E-state index contributed by atoms with van der Waals surface area (Å²) >= 11 is 1.26. The van der Waals surface area contributed by atoms with Gasteiger partial charge in [0.15, 0.2) is 10.9 Å². The van der Waals surface area contributed by atoms with Crippen molar-refractivity contribution in [3.8, 4) is 0 Å². The summed E-state index contributed by atoms with van der Waals surface area (Å²) < 4.78 is 21.0. The number of piperidine rings is 1. The number of Topliss-reactive ketones (excluding diaryl/α,β-unsaturated/α-hetero) is 1. The Morgan fingerprint density at radius 3 is 2.68 bits per heavy atom. The third-order valence-corrected chi connectivity index (χ3v) is 7.27. The molecule has 0 spiro atoms. The van der Waals surface area contributed by atoms with E-state index in [0.29, 0.717) is 30.8 Å². The van der Waals surface area contributed by atoms with Crippen molar-refractivity contribution >= 4 is 34.7 Å². The van der Waals surface area contributed by atoms with Crippen LogP contribution in [0.1, 0.15) is 43.5 Å². The Bertz CT molecular complexity index is 1110. The van der Waals surface area contributed by atoms with Crippen molar-refractivity contribution < 1.29 is 23.5 Å². The topological polar surface area (TPSA) is 81.5 Å². The summed E-state index contributed by atoms with van der Waals surface area (Å²) in [5, 5.41) is 4.38. The lowest BCUT2D eigenvalue weighted by atomic mass is 9.93. The Hall–Kier alpha value is -2.78. The van der Waals surface area contributed by atoms with Gasteiger partial charge in [-0.05, 0) is 43.0 Å². The van der Waals surface area contributed by atoms with Gasteiger partial charge in [-0.25, -0.2) is 4.39 Å². The number of halogens is 1. The van der Waals surface area contributed by atoms with Crippen molar-refractivity contribution in [2.75, 3.05) is 20.2 Å². The third-order valence-electron chi connectivity index (χ3n) is 6.11. The number of likely N-dealkylation sites (tertiary alicyclic amines) is 1. The van der Waals surface area contributed by atoms with Gasteiger partial charge in [-0.1, -0.05) is 30.0 Å². The molecule has 2 heterocycles. The quantitative estimate of drug-likeness (QED) is 0.528. The number of hydrogen-bond acceptors (Lipinski definition) is 7. The molecule has 0 N–H and O–H groups in total. The Morgan fingerprint density at radius 2 is 2.00 bits per heavy atom. The van der Waals surface area contributed by atoms with Crippen LogP contribution in [-0.2, 0) is 25.7 Å². The minimum atomic E-state index is -0.655. The number of hydrogen-bond donors (Lipinski definition) is 0. The molecule has 4 rings (SSSR count). The zero-order valence-electron chi connectivity index (χ0n) is 19.3. The van der Waals surface area contributed by atoms with Crippen LogP contribution in [0.5, 0.6) is 0 Å². The van der Waals surface area contributed by atoms with Crippen LogP contribution in [-0.4, -0.2) is 57.0 Å². The summed E-state index contributed by atoms with van der Waals surface area (Å²) in [7, 11) is 1.32. The average Bonchev–Trinajstić information content (AvgIpc) is 3.57. The Morgan fingerprint density at radius 1 is 1.24 bits per heavy atom. The fourth-order valence-corrected chi connectivity index (χ4v) is 5.24. The van der Waals surface area contributed by atoms with Crippen molar-refractivity contribution in [1.29, 1.82) is 0 Å². The van der Waals surface area contributed by atoms with Gasteiger partial charge in [0.25, 0.3) is 0 Å². The summed E-state index contributed by atoms with van der Waals surface area (Å²) in [4.78, 5) is 38.7. The molecule has 34 heavy (non-hydrogen) atoms. The minimum absolute atomic E-state index is 0.00265. The second-order valence-electron chi connectivity index (χ2n) is 8.69. The molecule has 1 saturated heterocycles. The molecule has 2 aliphatic rings. The van der Waals surface area contributed by atoms with E-state index in [1.807, 2.05) is 11.0 Å². The molecule has 2 fully saturated rings. The maximum atomic E-state index is 14.8. The van der Waals surface area contributed by atoms with Gasteiger partial charge in [-0.2, -0.15) is 5.10 Å². The van der Waals surface area contributed by atoms with Gasteiger partial charge in [0.05, 0.1) is 18.8 Å². The molecule has 9 heteroatoms. The number of methoxy groups -OCH3 is 1. The number of ether oxygens (including phenoxy) is 1. The van der Waals surface area contributed by atoms with Gasteiger partial charge in [-0.15, -0.1) is 0 Å². The molecule has 1 aromatic carbocycles. The van der Waals surface area contributed by atoms with Crippen LogP contribution < -0.4 is 0 Å². The van der Waals surface area contributed by atoms with Crippen LogP contribution in [0.3, 0.4) is 0 Å². The Kier molecular flexibility index (Phi) is 7.63. The molecule has 2 aromatic rings. The van der Waals surface area contributed by atoms with Crippen molar-refractivity contribution in [3.63, 3.8) is 0 Å². The molecule has 2 unspecified atom stereocenters. The Balaban J connectivity index is 1.63. The van der Waals surface area contributed by atoms with E-state index >= 15 is 0 Å². The highest BCUT2D eigenvalue weighted by Crippen LogP contribution is 2.40. The molecule has 2 atom stereocenters. The van der Waals surface area contributed by atoms with Crippen LogP contribution >= 0.6 is 11.8 Å².